The Kier molecular flexibility index (Phi) is 7.98. The second-order valence-electron chi connectivity index (χ2n) is 7.20. The van der Waals surface area contributed by atoms with Crippen LogP contribution in [0.2, 0.25) is 5.02 Å². The second kappa shape index (κ2) is 10.7. The van der Waals surface area contributed by atoms with Crippen LogP contribution in [0.4, 0.5) is 10.1 Å². The summed E-state index contributed by atoms with van der Waals surface area (Å²) in [5.74, 6) is 1.22. The lowest BCUT2D eigenvalue weighted by atomic mass is 10.3. The van der Waals surface area contributed by atoms with Gasteiger partial charge in [0, 0.05) is 11.1 Å². The molecular formula is C22H24ClFN4O3S. The minimum atomic E-state index is -0.422. The van der Waals surface area contributed by atoms with Crippen molar-refractivity contribution in [1.29, 1.82) is 0 Å². The van der Waals surface area contributed by atoms with Gasteiger partial charge in [0.25, 0.3) is 0 Å². The Hall–Kier alpha value is -2.78. The van der Waals surface area contributed by atoms with Crippen LogP contribution in [0.1, 0.15) is 38.7 Å². The SMILES string of the molecule is COc1ccc(Cl)cc1NC(=O)CSc1nnc(C(C)Oc2ccc(F)cc2)n1C(C)C. The fourth-order valence-corrected chi connectivity index (χ4v) is 4.06. The third-order valence-electron chi connectivity index (χ3n) is 4.47. The van der Waals surface area contributed by atoms with E-state index in [0.717, 1.165) is 0 Å². The molecule has 0 aliphatic rings. The molecule has 0 bridgehead atoms. The zero-order valence-corrected chi connectivity index (χ0v) is 19.7. The molecule has 1 heterocycles. The van der Waals surface area contributed by atoms with Crippen molar-refractivity contribution >= 4 is 35.0 Å². The summed E-state index contributed by atoms with van der Waals surface area (Å²) in [6.45, 7) is 5.84. The Morgan fingerprint density at radius 1 is 1.19 bits per heavy atom. The molecule has 1 aromatic heterocycles. The van der Waals surface area contributed by atoms with Crippen LogP contribution in [0.3, 0.4) is 0 Å². The van der Waals surface area contributed by atoms with Gasteiger partial charge in [0.15, 0.2) is 17.1 Å². The van der Waals surface area contributed by atoms with Gasteiger partial charge in [-0.15, -0.1) is 10.2 Å². The summed E-state index contributed by atoms with van der Waals surface area (Å²) in [5.41, 5.74) is 0.498. The van der Waals surface area contributed by atoms with Gasteiger partial charge in [-0.3, -0.25) is 4.79 Å². The van der Waals surface area contributed by atoms with Gasteiger partial charge < -0.3 is 19.4 Å². The lowest BCUT2D eigenvalue weighted by molar-refractivity contribution is -0.113. The molecule has 0 aliphatic carbocycles. The number of thioether (sulfide) groups is 1. The predicted molar refractivity (Wildman–Crippen MR) is 123 cm³/mol. The number of anilines is 1. The van der Waals surface area contributed by atoms with Crippen molar-refractivity contribution in [2.24, 2.45) is 0 Å². The van der Waals surface area contributed by atoms with E-state index in [9.17, 15) is 9.18 Å². The topological polar surface area (TPSA) is 78.3 Å². The number of aromatic nitrogens is 3. The third-order valence-corrected chi connectivity index (χ3v) is 5.64. The van der Waals surface area contributed by atoms with Crippen molar-refractivity contribution in [2.45, 2.75) is 38.1 Å². The summed E-state index contributed by atoms with van der Waals surface area (Å²) < 4.78 is 26.2. The third kappa shape index (κ3) is 5.92. The van der Waals surface area contributed by atoms with Crippen LogP contribution in [0.5, 0.6) is 11.5 Å². The highest BCUT2D eigenvalue weighted by molar-refractivity contribution is 7.99. The van der Waals surface area contributed by atoms with Gasteiger partial charge in [0.2, 0.25) is 5.91 Å². The summed E-state index contributed by atoms with van der Waals surface area (Å²) in [6.07, 6.45) is -0.422. The van der Waals surface area contributed by atoms with E-state index in [4.69, 9.17) is 21.1 Å². The molecule has 1 N–H and O–H groups in total. The van der Waals surface area contributed by atoms with Gasteiger partial charge in [-0.1, -0.05) is 23.4 Å². The Morgan fingerprint density at radius 2 is 1.91 bits per heavy atom. The van der Waals surface area contributed by atoms with Crippen molar-refractivity contribution in [2.75, 3.05) is 18.2 Å². The zero-order chi connectivity index (χ0) is 23.3. The van der Waals surface area contributed by atoms with Gasteiger partial charge >= 0.3 is 0 Å². The average molecular weight is 479 g/mol. The van der Waals surface area contributed by atoms with E-state index in [2.05, 4.69) is 15.5 Å². The van der Waals surface area contributed by atoms with Crippen LogP contribution in [0, 0.1) is 5.82 Å². The number of nitrogens with zero attached hydrogens (tertiary/aromatic N) is 3. The maximum Gasteiger partial charge on any atom is 0.234 e. The number of ether oxygens (including phenoxy) is 2. The number of carbonyl (C=O) groups is 1. The first-order valence-electron chi connectivity index (χ1n) is 9.91. The van der Waals surface area contributed by atoms with E-state index in [0.29, 0.717) is 33.2 Å². The molecule has 0 radical (unpaired) electrons. The Bertz CT molecular complexity index is 1080. The Labute approximate surface area is 195 Å². The molecule has 0 saturated carbocycles. The molecule has 1 amide bonds. The largest absolute Gasteiger partial charge is 0.495 e. The van der Waals surface area contributed by atoms with Gasteiger partial charge in [-0.05, 0) is 63.2 Å². The summed E-state index contributed by atoms with van der Waals surface area (Å²) in [6, 6.07) is 10.8. The lowest BCUT2D eigenvalue weighted by Crippen LogP contribution is -2.17. The summed E-state index contributed by atoms with van der Waals surface area (Å²) >= 11 is 7.29. The second-order valence-corrected chi connectivity index (χ2v) is 8.58. The first kappa shape index (κ1) is 23.9. The fraction of sp³-hybridized carbons (Fsp3) is 0.318. The predicted octanol–water partition coefficient (Wildman–Crippen LogP) is 5.53. The summed E-state index contributed by atoms with van der Waals surface area (Å²) in [5, 5.41) is 12.4. The molecule has 7 nitrogen and oxygen atoms in total. The summed E-state index contributed by atoms with van der Waals surface area (Å²) in [7, 11) is 1.52. The fourth-order valence-electron chi connectivity index (χ4n) is 3.01. The molecule has 0 fully saturated rings. The quantitative estimate of drug-likeness (QED) is 0.407. The molecule has 0 spiro atoms. The standard InChI is InChI=1S/C22H24ClFN4O3S/c1-13(2)28-21(14(3)31-17-8-6-16(24)7-9-17)26-27-22(28)32-12-20(29)25-18-11-15(23)5-10-19(18)30-4/h5-11,13-14H,12H2,1-4H3,(H,25,29). The first-order valence-corrected chi connectivity index (χ1v) is 11.3. The number of nitrogens with one attached hydrogen (secondary N) is 1. The van der Waals surface area contributed by atoms with Crippen molar-refractivity contribution in [3.63, 3.8) is 0 Å². The molecule has 3 aromatic rings. The number of methoxy groups -OCH3 is 1. The molecule has 0 saturated heterocycles. The van der Waals surface area contributed by atoms with Gasteiger partial charge in [0.05, 0.1) is 18.6 Å². The summed E-state index contributed by atoms with van der Waals surface area (Å²) in [4.78, 5) is 12.5. The van der Waals surface area contributed by atoms with Gasteiger partial charge in [-0.2, -0.15) is 0 Å². The molecule has 1 unspecified atom stereocenters. The van der Waals surface area contributed by atoms with Gasteiger partial charge in [-0.25, -0.2) is 4.39 Å². The van der Waals surface area contributed by atoms with Crippen LogP contribution in [0.25, 0.3) is 0 Å². The molecule has 1 atom stereocenters. The van der Waals surface area contributed by atoms with Crippen molar-refractivity contribution < 1.29 is 18.7 Å². The molecule has 2 aromatic carbocycles. The van der Waals surface area contributed by atoms with E-state index in [-0.39, 0.29) is 23.5 Å². The lowest BCUT2D eigenvalue weighted by Gasteiger charge is -2.19. The molecule has 32 heavy (non-hydrogen) atoms. The zero-order valence-electron chi connectivity index (χ0n) is 18.1. The van der Waals surface area contributed by atoms with E-state index in [1.165, 1.54) is 31.0 Å². The molecular weight excluding hydrogens is 455 g/mol. The maximum absolute atomic E-state index is 13.1. The smallest absolute Gasteiger partial charge is 0.234 e. The number of hydrogen-bond donors (Lipinski definition) is 1. The number of rotatable bonds is 9. The maximum atomic E-state index is 13.1. The highest BCUT2D eigenvalue weighted by Gasteiger charge is 2.22. The molecule has 0 aliphatic heterocycles. The number of amides is 1. The molecule has 170 valence electrons. The number of hydrogen-bond acceptors (Lipinski definition) is 6. The van der Waals surface area contributed by atoms with E-state index in [1.807, 2.05) is 25.3 Å². The first-order chi connectivity index (χ1) is 15.3. The van der Waals surface area contributed by atoms with Crippen LogP contribution in [0.15, 0.2) is 47.6 Å². The van der Waals surface area contributed by atoms with Crippen molar-refractivity contribution in [3.05, 3.63) is 59.1 Å². The van der Waals surface area contributed by atoms with Crippen molar-refractivity contribution in [3.8, 4) is 11.5 Å². The minimum absolute atomic E-state index is 0.0397. The number of benzene rings is 2. The number of carbonyl (C=O) groups excluding carboxylic acids is 1. The van der Waals surface area contributed by atoms with E-state index >= 15 is 0 Å². The molecule has 10 heteroatoms. The van der Waals surface area contributed by atoms with E-state index in [1.54, 1.807) is 30.3 Å². The van der Waals surface area contributed by atoms with Gasteiger partial charge in [0.1, 0.15) is 17.3 Å². The highest BCUT2D eigenvalue weighted by Crippen LogP contribution is 2.30. The normalized spacial score (nSPS) is 12.0. The average Bonchev–Trinajstić information content (AvgIpc) is 3.18. The van der Waals surface area contributed by atoms with Crippen LogP contribution in [-0.2, 0) is 4.79 Å². The van der Waals surface area contributed by atoms with Crippen LogP contribution < -0.4 is 14.8 Å². The monoisotopic (exact) mass is 478 g/mol. The number of halogens is 2. The Balaban J connectivity index is 1.69. The van der Waals surface area contributed by atoms with E-state index < -0.39 is 6.10 Å². The molecule has 3 rings (SSSR count). The Morgan fingerprint density at radius 3 is 2.56 bits per heavy atom. The van der Waals surface area contributed by atoms with Crippen LogP contribution in [-0.4, -0.2) is 33.5 Å². The minimum Gasteiger partial charge on any atom is -0.495 e. The highest BCUT2D eigenvalue weighted by atomic mass is 35.5. The van der Waals surface area contributed by atoms with Crippen LogP contribution >= 0.6 is 23.4 Å². The van der Waals surface area contributed by atoms with Crippen molar-refractivity contribution in [1.82, 2.24) is 14.8 Å².